The Balaban J connectivity index is 1.77. The normalized spacial score (nSPS) is 21.0. The molecule has 0 amide bonds. The Kier molecular flexibility index (Phi) is 3.11. The van der Waals surface area contributed by atoms with Crippen LogP contribution in [0.15, 0.2) is 41.2 Å². The summed E-state index contributed by atoms with van der Waals surface area (Å²) in [5.41, 5.74) is 5.24. The highest BCUT2D eigenvalue weighted by atomic mass is 16.6. The smallest absolute Gasteiger partial charge is 0.257 e. The van der Waals surface area contributed by atoms with Crippen LogP contribution in [0.5, 0.6) is 0 Å². The van der Waals surface area contributed by atoms with E-state index in [0.29, 0.717) is 12.1 Å². The maximum Gasteiger partial charge on any atom is 0.257 e. The summed E-state index contributed by atoms with van der Waals surface area (Å²) in [5.74, 6) is -0.174. The molecule has 1 N–H and O–H groups in total. The van der Waals surface area contributed by atoms with Crippen molar-refractivity contribution >= 4 is 10.9 Å². The highest BCUT2D eigenvalue weighted by Gasteiger charge is 2.33. The topological polar surface area (TPSA) is 64.3 Å². The lowest BCUT2D eigenvalue weighted by Crippen LogP contribution is -2.34. The lowest BCUT2D eigenvalue weighted by molar-refractivity contribution is -0.134. The highest BCUT2D eigenvalue weighted by Crippen LogP contribution is 2.37. The van der Waals surface area contributed by atoms with Crippen molar-refractivity contribution in [2.24, 2.45) is 0 Å². The van der Waals surface area contributed by atoms with Crippen molar-refractivity contribution in [1.29, 1.82) is 0 Å². The number of aliphatic hydroxyl groups is 1. The molecule has 2 atom stereocenters. The Morgan fingerprint density at radius 2 is 2.16 bits per heavy atom. The number of aromatic nitrogens is 2. The van der Waals surface area contributed by atoms with E-state index in [1.165, 1.54) is 0 Å². The first-order valence-corrected chi connectivity index (χ1v) is 8.62. The van der Waals surface area contributed by atoms with Crippen LogP contribution in [0.4, 0.5) is 0 Å². The molecule has 5 rings (SSSR count). The minimum absolute atomic E-state index is 0.0279. The van der Waals surface area contributed by atoms with Gasteiger partial charge in [-0.2, -0.15) is 0 Å². The van der Waals surface area contributed by atoms with E-state index in [-0.39, 0.29) is 18.1 Å². The van der Waals surface area contributed by atoms with Crippen molar-refractivity contribution in [2.75, 3.05) is 0 Å². The van der Waals surface area contributed by atoms with Crippen LogP contribution in [-0.4, -0.2) is 20.9 Å². The van der Waals surface area contributed by atoms with E-state index >= 15 is 0 Å². The van der Waals surface area contributed by atoms with Crippen molar-refractivity contribution in [3.05, 3.63) is 63.4 Å². The number of pyridine rings is 2. The Bertz CT molecular complexity index is 1070. The van der Waals surface area contributed by atoms with Crippen molar-refractivity contribution in [1.82, 2.24) is 9.55 Å². The summed E-state index contributed by atoms with van der Waals surface area (Å²) in [4.78, 5) is 17.8. The molecule has 2 aliphatic heterocycles. The lowest BCUT2D eigenvalue weighted by atomic mass is 9.90. The molecule has 0 aliphatic carbocycles. The average molecular weight is 334 g/mol. The van der Waals surface area contributed by atoms with Gasteiger partial charge >= 0.3 is 0 Å². The third-order valence-electron chi connectivity index (χ3n) is 5.39. The van der Waals surface area contributed by atoms with Gasteiger partial charge in [-0.05, 0) is 30.2 Å². The van der Waals surface area contributed by atoms with Crippen LogP contribution in [0, 0.1) is 0 Å². The average Bonchev–Trinajstić information content (AvgIpc) is 2.98. The van der Waals surface area contributed by atoms with Crippen LogP contribution < -0.4 is 5.56 Å². The maximum absolute atomic E-state index is 13.0. The second-order valence-corrected chi connectivity index (χ2v) is 6.76. The number of benzene rings is 1. The molecule has 4 heterocycles. The molecule has 0 saturated carbocycles. The fourth-order valence-corrected chi connectivity index (χ4v) is 4.07. The van der Waals surface area contributed by atoms with Gasteiger partial charge in [-0.3, -0.25) is 4.79 Å². The summed E-state index contributed by atoms with van der Waals surface area (Å²) in [7, 11) is 0. The first-order chi connectivity index (χ1) is 12.2. The molecular weight excluding hydrogens is 316 g/mol. The molecule has 5 nitrogen and oxygen atoms in total. The van der Waals surface area contributed by atoms with Gasteiger partial charge in [-0.15, -0.1) is 0 Å². The van der Waals surface area contributed by atoms with E-state index in [2.05, 4.69) is 6.07 Å². The summed E-state index contributed by atoms with van der Waals surface area (Å²) in [6.45, 7) is 2.70. The van der Waals surface area contributed by atoms with E-state index in [0.717, 1.165) is 39.8 Å². The Morgan fingerprint density at radius 3 is 3.00 bits per heavy atom. The third-order valence-corrected chi connectivity index (χ3v) is 5.39. The molecule has 5 heteroatoms. The number of nitrogens with zero attached hydrogens (tertiary/aromatic N) is 2. The summed E-state index contributed by atoms with van der Waals surface area (Å²) in [6.07, 6.45) is -0.139. The number of hydrogen-bond donors (Lipinski definition) is 1. The van der Waals surface area contributed by atoms with Crippen molar-refractivity contribution in [2.45, 2.75) is 38.7 Å². The first kappa shape index (κ1) is 14.8. The van der Waals surface area contributed by atoms with Crippen LogP contribution in [0.1, 0.15) is 36.0 Å². The van der Waals surface area contributed by atoms with Crippen LogP contribution in [-0.2, 0) is 17.9 Å². The van der Waals surface area contributed by atoms with Crippen molar-refractivity contribution < 1.29 is 9.84 Å². The minimum Gasteiger partial charge on any atom is -0.367 e. The van der Waals surface area contributed by atoms with E-state index < -0.39 is 6.29 Å². The molecule has 25 heavy (non-hydrogen) atoms. The summed E-state index contributed by atoms with van der Waals surface area (Å²) < 4.78 is 7.20. The van der Waals surface area contributed by atoms with E-state index in [1.54, 1.807) is 4.57 Å². The molecule has 1 aromatic carbocycles. The second-order valence-electron chi connectivity index (χ2n) is 6.76. The number of ether oxygens (including phenoxy) is 1. The number of hydrogen-bond acceptors (Lipinski definition) is 4. The van der Waals surface area contributed by atoms with Gasteiger partial charge in [0.15, 0.2) is 6.29 Å². The van der Waals surface area contributed by atoms with E-state index in [4.69, 9.17) is 9.72 Å². The molecular formula is C20H18N2O3. The number of rotatable bonds is 1. The Labute approximate surface area is 144 Å². The monoisotopic (exact) mass is 334 g/mol. The zero-order valence-electron chi connectivity index (χ0n) is 13.9. The van der Waals surface area contributed by atoms with E-state index in [9.17, 15) is 9.90 Å². The highest BCUT2D eigenvalue weighted by molar-refractivity contribution is 5.84. The van der Waals surface area contributed by atoms with Crippen LogP contribution in [0.25, 0.3) is 22.3 Å². The fourth-order valence-electron chi connectivity index (χ4n) is 4.07. The summed E-state index contributed by atoms with van der Waals surface area (Å²) >= 11 is 0. The van der Waals surface area contributed by atoms with Crippen LogP contribution in [0.3, 0.4) is 0 Å². The second kappa shape index (κ2) is 5.25. The quantitative estimate of drug-likeness (QED) is 0.581. The predicted octanol–water partition coefficient (Wildman–Crippen LogP) is 2.77. The summed E-state index contributed by atoms with van der Waals surface area (Å²) in [6, 6.07) is 12.1. The number of aliphatic hydroxyl groups excluding tert-OH is 1. The zero-order valence-corrected chi connectivity index (χ0v) is 13.9. The molecule has 0 radical (unpaired) electrons. The van der Waals surface area contributed by atoms with Gasteiger partial charge in [0.2, 0.25) is 0 Å². The maximum atomic E-state index is 13.0. The van der Waals surface area contributed by atoms with Gasteiger partial charge in [0, 0.05) is 22.4 Å². The fraction of sp³-hybridized carbons (Fsp3) is 0.300. The molecule has 0 saturated heterocycles. The molecule has 3 aromatic rings. The third kappa shape index (κ3) is 2.03. The predicted molar refractivity (Wildman–Crippen MR) is 94.4 cm³/mol. The van der Waals surface area contributed by atoms with E-state index in [1.807, 2.05) is 37.3 Å². The van der Waals surface area contributed by atoms with Gasteiger partial charge in [0.05, 0.1) is 30.1 Å². The van der Waals surface area contributed by atoms with Gasteiger partial charge in [0.25, 0.3) is 5.56 Å². The molecule has 2 aromatic heterocycles. The molecule has 0 bridgehead atoms. The molecule has 2 aliphatic rings. The Hall–Kier alpha value is -2.50. The number of para-hydroxylation sites is 1. The van der Waals surface area contributed by atoms with Crippen molar-refractivity contribution in [3.8, 4) is 11.4 Å². The van der Waals surface area contributed by atoms with Gasteiger partial charge < -0.3 is 14.4 Å². The van der Waals surface area contributed by atoms with Crippen LogP contribution >= 0.6 is 0 Å². The molecule has 0 spiro atoms. The lowest BCUT2D eigenvalue weighted by Gasteiger charge is -2.29. The standard InChI is InChI=1S/C20H18N2O3/c1-2-13-14-8-17-18-12(7-11-5-3-4-6-16(11)21-18)9-22(17)19(23)15(14)10-25-20(13)24/h3-8,13,20,24H,2,9-10H2,1H3/t13-,20?/m1/s1. The molecule has 1 unspecified atom stereocenters. The molecule has 126 valence electrons. The van der Waals surface area contributed by atoms with Gasteiger partial charge in [-0.25, -0.2) is 4.98 Å². The number of fused-ring (bicyclic) bond motifs is 5. The largest absolute Gasteiger partial charge is 0.367 e. The van der Waals surface area contributed by atoms with Crippen LogP contribution in [0.2, 0.25) is 0 Å². The first-order valence-electron chi connectivity index (χ1n) is 8.62. The molecule has 0 fully saturated rings. The van der Waals surface area contributed by atoms with Crippen molar-refractivity contribution in [3.63, 3.8) is 0 Å². The van der Waals surface area contributed by atoms with Gasteiger partial charge in [0.1, 0.15) is 0 Å². The zero-order chi connectivity index (χ0) is 17.1. The minimum atomic E-state index is -0.856. The SMILES string of the molecule is CC[C@@H]1c2cc3n(c(=O)c2COC1O)Cc1cc2ccccc2nc1-3. The summed E-state index contributed by atoms with van der Waals surface area (Å²) in [5, 5.41) is 11.2. The Morgan fingerprint density at radius 1 is 1.32 bits per heavy atom. The van der Waals surface area contributed by atoms with Gasteiger partial charge in [-0.1, -0.05) is 25.1 Å².